The standard InChI is InChI=1S/C20H23F3N4O2.HI/c1-3-24-20(25-11-10-13-4-6-14(29-2)7-5-13)26-12-17(28)27-16-9-8-15(21)18(22)19(16)23;/h4-9H,3,10-12H2,1-2H3,(H,27,28)(H2,24,25,26);1H. The maximum Gasteiger partial charge on any atom is 0.246 e. The highest BCUT2D eigenvalue weighted by atomic mass is 127. The summed E-state index contributed by atoms with van der Waals surface area (Å²) in [4.78, 5) is 16.1. The Morgan fingerprint density at radius 3 is 2.37 bits per heavy atom. The van der Waals surface area contributed by atoms with Crippen LogP contribution in [0.1, 0.15) is 12.5 Å². The van der Waals surface area contributed by atoms with E-state index in [1.165, 1.54) is 0 Å². The molecule has 30 heavy (non-hydrogen) atoms. The molecule has 6 nitrogen and oxygen atoms in total. The number of nitrogens with one attached hydrogen (secondary N) is 3. The van der Waals surface area contributed by atoms with Gasteiger partial charge in [0, 0.05) is 13.1 Å². The SMILES string of the molecule is CCNC(=NCC(=O)Nc1ccc(F)c(F)c1F)NCCc1ccc(OC)cc1.I. The fourth-order valence-electron chi connectivity index (χ4n) is 2.42. The van der Waals surface area contributed by atoms with Gasteiger partial charge in [0.15, 0.2) is 23.4 Å². The summed E-state index contributed by atoms with van der Waals surface area (Å²) >= 11 is 0. The first-order chi connectivity index (χ1) is 13.9. The molecule has 0 saturated carbocycles. The van der Waals surface area contributed by atoms with E-state index in [9.17, 15) is 18.0 Å². The lowest BCUT2D eigenvalue weighted by Crippen LogP contribution is -2.39. The summed E-state index contributed by atoms with van der Waals surface area (Å²) in [5.74, 6) is -3.90. The molecule has 1 amide bonds. The van der Waals surface area contributed by atoms with E-state index < -0.39 is 29.0 Å². The lowest BCUT2D eigenvalue weighted by atomic mass is 10.1. The number of rotatable bonds is 8. The number of aliphatic imine (C=N–C) groups is 1. The van der Waals surface area contributed by atoms with Crippen LogP contribution in [0.15, 0.2) is 41.4 Å². The molecule has 0 fully saturated rings. The average Bonchev–Trinajstić information content (AvgIpc) is 2.73. The maximum atomic E-state index is 13.6. The Bertz CT molecular complexity index is 864. The van der Waals surface area contributed by atoms with Crippen LogP contribution in [0.4, 0.5) is 18.9 Å². The Labute approximate surface area is 190 Å². The number of carbonyl (C=O) groups is 1. The Morgan fingerprint density at radius 1 is 1.03 bits per heavy atom. The van der Waals surface area contributed by atoms with Gasteiger partial charge in [-0.25, -0.2) is 18.2 Å². The smallest absolute Gasteiger partial charge is 0.246 e. The Kier molecular flexibility index (Phi) is 11.0. The molecule has 2 aromatic rings. The molecule has 0 spiro atoms. The van der Waals surface area contributed by atoms with Gasteiger partial charge in [-0.2, -0.15) is 0 Å². The summed E-state index contributed by atoms with van der Waals surface area (Å²) in [6, 6.07) is 9.34. The topological polar surface area (TPSA) is 74.8 Å². The molecule has 0 radical (unpaired) electrons. The zero-order valence-corrected chi connectivity index (χ0v) is 18.9. The summed E-state index contributed by atoms with van der Waals surface area (Å²) in [7, 11) is 1.60. The van der Waals surface area contributed by atoms with Crippen molar-refractivity contribution in [3.63, 3.8) is 0 Å². The minimum atomic E-state index is -1.64. The van der Waals surface area contributed by atoms with Crippen molar-refractivity contribution in [1.29, 1.82) is 0 Å². The first-order valence-electron chi connectivity index (χ1n) is 9.03. The van der Waals surface area contributed by atoms with Crippen LogP contribution in [0.3, 0.4) is 0 Å². The van der Waals surface area contributed by atoms with E-state index in [4.69, 9.17) is 4.74 Å². The second-order valence-electron chi connectivity index (χ2n) is 5.99. The van der Waals surface area contributed by atoms with Gasteiger partial charge in [-0.05, 0) is 43.2 Å². The van der Waals surface area contributed by atoms with E-state index in [1.54, 1.807) is 7.11 Å². The molecule has 0 aliphatic carbocycles. The number of methoxy groups -OCH3 is 1. The summed E-state index contributed by atoms with van der Waals surface area (Å²) < 4.78 is 44.9. The van der Waals surface area contributed by atoms with Crippen molar-refractivity contribution in [2.75, 3.05) is 32.1 Å². The Balaban J connectivity index is 0.00000450. The molecule has 0 heterocycles. The number of carbonyl (C=O) groups excluding carboxylic acids is 1. The van der Waals surface area contributed by atoms with Crippen molar-refractivity contribution in [3.05, 3.63) is 59.4 Å². The van der Waals surface area contributed by atoms with Crippen LogP contribution in [0.25, 0.3) is 0 Å². The molecule has 0 unspecified atom stereocenters. The maximum absolute atomic E-state index is 13.6. The highest BCUT2D eigenvalue weighted by molar-refractivity contribution is 14.0. The number of hydrogen-bond acceptors (Lipinski definition) is 3. The fourth-order valence-corrected chi connectivity index (χ4v) is 2.42. The van der Waals surface area contributed by atoms with E-state index in [1.807, 2.05) is 31.2 Å². The van der Waals surface area contributed by atoms with E-state index in [-0.39, 0.29) is 30.5 Å². The van der Waals surface area contributed by atoms with Crippen molar-refractivity contribution < 1.29 is 22.7 Å². The Morgan fingerprint density at radius 2 is 1.73 bits per heavy atom. The van der Waals surface area contributed by atoms with Gasteiger partial charge in [0.2, 0.25) is 5.91 Å². The summed E-state index contributed by atoms with van der Waals surface area (Å²) in [5, 5.41) is 8.25. The molecule has 0 aliphatic heterocycles. The molecule has 10 heteroatoms. The predicted octanol–water partition coefficient (Wildman–Crippen LogP) is 3.47. The minimum Gasteiger partial charge on any atom is -0.497 e. The number of guanidine groups is 1. The number of hydrogen-bond donors (Lipinski definition) is 3. The molecular formula is C20H24F3IN4O2. The van der Waals surface area contributed by atoms with Gasteiger partial charge in [0.25, 0.3) is 0 Å². The van der Waals surface area contributed by atoms with Crippen LogP contribution in [-0.2, 0) is 11.2 Å². The molecule has 0 atom stereocenters. The Hall–Kier alpha value is -2.50. The molecular weight excluding hydrogens is 512 g/mol. The molecule has 0 bridgehead atoms. The molecule has 2 aromatic carbocycles. The molecule has 0 aliphatic rings. The quantitative estimate of drug-likeness (QED) is 0.209. The summed E-state index contributed by atoms with van der Waals surface area (Å²) in [6.45, 7) is 2.69. The van der Waals surface area contributed by atoms with Crippen molar-refractivity contribution in [2.45, 2.75) is 13.3 Å². The average molecular weight is 536 g/mol. The highest BCUT2D eigenvalue weighted by Gasteiger charge is 2.15. The van der Waals surface area contributed by atoms with Crippen LogP contribution in [0.2, 0.25) is 0 Å². The van der Waals surface area contributed by atoms with Gasteiger partial charge in [0.1, 0.15) is 12.3 Å². The third-order valence-electron chi connectivity index (χ3n) is 3.90. The summed E-state index contributed by atoms with van der Waals surface area (Å²) in [5.41, 5.74) is 0.655. The van der Waals surface area contributed by atoms with Gasteiger partial charge in [-0.1, -0.05) is 12.1 Å². The fraction of sp³-hybridized carbons (Fsp3) is 0.300. The lowest BCUT2D eigenvalue weighted by molar-refractivity contribution is -0.114. The molecule has 164 valence electrons. The number of nitrogens with zero attached hydrogens (tertiary/aromatic N) is 1. The molecule has 3 N–H and O–H groups in total. The minimum absolute atomic E-state index is 0. The first-order valence-corrected chi connectivity index (χ1v) is 9.03. The lowest BCUT2D eigenvalue weighted by Gasteiger charge is -2.12. The van der Waals surface area contributed by atoms with Crippen molar-refractivity contribution >= 4 is 41.5 Å². The largest absolute Gasteiger partial charge is 0.497 e. The van der Waals surface area contributed by atoms with Gasteiger partial charge in [-0.3, -0.25) is 4.79 Å². The second kappa shape index (κ2) is 12.9. The normalized spacial score (nSPS) is 10.8. The number of anilines is 1. The first kappa shape index (κ1) is 25.5. The van der Waals surface area contributed by atoms with Gasteiger partial charge < -0.3 is 20.7 Å². The molecule has 2 rings (SSSR count). The number of halogens is 4. The van der Waals surface area contributed by atoms with Crippen LogP contribution < -0.4 is 20.7 Å². The summed E-state index contributed by atoms with van der Waals surface area (Å²) in [6.07, 6.45) is 0.723. The highest BCUT2D eigenvalue weighted by Crippen LogP contribution is 2.19. The van der Waals surface area contributed by atoms with Crippen LogP contribution in [-0.4, -0.2) is 38.6 Å². The van der Waals surface area contributed by atoms with Crippen molar-refractivity contribution in [2.24, 2.45) is 4.99 Å². The van der Waals surface area contributed by atoms with Crippen LogP contribution in [0.5, 0.6) is 5.75 Å². The molecule has 0 saturated heterocycles. The zero-order valence-electron chi connectivity index (χ0n) is 16.6. The zero-order chi connectivity index (χ0) is 21.2. The predicted molar refractivity (Wildman–Crippen MR) is 121 cm³/mol. The number of ether oxygens (including phenoxy) is 1. The number of benzene rings is 2. The van der Waals surface area contributed by atoms with Crippen molar-refractivity contribution in [3.8, 4) is 5.75 Å². The number of amides is 1. The van der Waals surface area contributed by atoms with Gasteiger partial charge in [-0.15, -0.1) is 24.0 Å². The van der Waals surface area contributed by atoms with E-state index in [0.717, 1.165) is 29.9 Å². The van der Waals surface area contributed by atoms with E-state index in [0.29, 0.717) is 19.0 Å². The molecule has 0 aromatic heterocycles. The van der Waals surface area contributed by atoms with Crippen LogP contribution >= 0.6 is 24.0 Å². The third kappa shape index (κ3) is 7.73. The second-order valence-corrected chi connectivity index (χ2v) is 5.99. The van der Waals surface area contributed by atoms with E-state index >= 15 is 0 Å². The van der Waals surface area contributed by atoms with E-state index in [2.05, 4.69) is 20.9 Å². The third-order valence-corrected chi connectivity index (χ3v) is 3.90. The van der Waals surface area contributed by atoms with Gasteiger partial charge >= 0.3 is 0 Å². The monoisotopic (exact) mass is 536 g/mol. The van der Waals surface area contributed by atoms with Crippen molar-refractivity contribution in [1.82, 2.24) is 10.6 Å². The van der Waals surface area contributed by atoms with Gasteiger partial charge in [0.05, 0.1) is 12.8 Å². The van der Waals surface area contributed by atoms with Crippen LogP contribution in [0, 0.1) is 17.5 Å².